The van der Waals surface area contributed by atoms with Gasteiger partial charge in [-0.2, -0.15) is 0 Å². The Hall–Kier alpha value is -2.90. The summed E-state index contributed by atoms with van der Waals surface area (Å²) in [5.74, 6) is 0.690. The van der Waals surface area contributed by atoms with E-state index >= 15 is 0 Å². The zero-order chi connectivity index (χ0) is 17.5. The van der Waals surface area contributed by atoms with E-state index in [1.807, 2.05) is 24.0 Å². The van der Waals surface area contributed by atoms with Crippen molar-refractivity contribution >= 4 is 28.7 Å². The van der Waals surface area contributed by atoms with Gasteiger partial charge in [-0.1, -0.05) is 0 Å². The number of hydrogen-bond acceptors (Lipinski definition) is 6. The molecule has 0 aliphatic heterocycles. The van der Waals surface area contributed by atoms with Gasteiger partial charge in [-0.05, 0) is 37.3 Å². The molecule has 0 unspecified atom stereocenters. The summed E-state index contributed by atoms with van der Waals surface area (Å²) in [6.07, 6.45) is 0. The van der Waals surface area contributed by atoms with Gasteiger partial charge in [-0.3, -0.25) is 10.1 Å². The lowest BCUT2D eigenvalue weighted by molar-refractivity contribution is -0.384. The van der Waals surface area contributed by atoms with Gasteiger partial charge in [-0.15, -0.1) is 0 Å². The number of anilines is 4. The summed E-state index contributed by atoms with van der Waals surface area (Å²) in [5.41, 5.74) is 1.46. The molecular weight excluding hydrogens is 313 g/mol. The quantitative estimate of drug-likeness (QED) is 0.567. The summed E-state index contributed by atoms with van der Waals surface area (Å²) in [7, 11) is 1.69. The van der Waals surface area contributed by atoms with E-state index in [0.29, 0.717) is 24.6 Å². The summed E-state index contributed by atoms with van der Waals surface area (Å²) >= 11 is 0. The van der Waals surface area contributed by atoms with Crippen LogP contribution in [0, 0.1) is 10.1 Å². The standard InChI is InChI=1S/C16H20FN5O2/c1-3-21(11-10-17)13-6-4-12(5-7-13)19-16-14(22(23)24)8-9-15(18-2)20-16/h4-9H,3,10-11H2,1-2H3,(H2,18,19,20). The Bertz CT molecular complexity index is 693. The summed E-state index contributed by atoms with van der Waals surface area (Å²) < 4.78 is 12.5. The molecule has 2 aromatic rings. The molecule has 1 heterocycles. The lowest BCUT2D eigenvalue weighted by Crippen LogP contribution is -2.24. The van der Waals surface area contributed by atoms with E-state index in [2.05, 4.69) is 15.6 Å². The Labute approximate surface area is 139 Å². The van der Waals surface area contributed by atoms with Crippen molar-refractivity contribution in [1.29, 1.82) is 0 Å². The normalized spacial score (nSPS) is 10.3. The third-order valence-electron chi connectivity index (χ3n) is 3.56. The van der Waals surface area contributed by atoms with Crippen molar-refractivity contribution in [3.63, 3.8) is 0 Å². The molecule has 7 nitrogen and oxygen atoms in total. The number of nitrogens with zero attached hydrogens (tertiary/aromatic N) is 3. The fourth-order valence-electron chi connectivity index (χ4n) is 2.29. The lowest BCUT2D eigenvalue weighted by Gasteiger charge is -2.21. The minimum Gasteiger partial charge on any atom is -0.373 e. The molecule has 1 aromatic carbocycles. The van der Waals surface area contributed by atoms with E-state index in [4.69, 9.17) is 0 Å². The molecule has 2 rings (SSSR count). The first-order valence-electron chi connectivity index (χ1n) is 7.60. The van der Waals surface area contributed by atoms with Crippen LogP contribution in [0.2, 0.25) is 0 Å². The molecule has 0 atom stereocenters. The number of aromatic nitrogens is 1. The molecule has 0 saturated carbocycles. The van der Waals surface area contributed by atoms with E-state index in [-0.39, 0.29) is 11.5 Å². The maximum Gasteiger partial charge on any atom is 0.311 e. The largest absolute Gasteiger partial charge is 0.373 e. The Kier molecular flexibility index (Phi) is 5.89. The maximum atomic E-state index is 12.5. The fourth-order valence-corrected chi connectivity index (χ4v) is 2.29. The van der Waals surface area contributed by atoms with Gasteiger partial charge in [0.2, 0.25) is 5.82 Å². The van der Waals surface area contributed by atoms with E-state index < -0.39 is 11.6 Å². The van der Waals surface area contributed by atoms with Crippen LogP contribution in [0.25, 0.3) is 0 Å². The highest BCUT2D eigenvalue weighted by Crippen LogP contribution is 2.28. The van der Waals surface area contributed by atoms with E-state index in [0.717, 1.165) is 5.69 Å². The van der Waals surface area contributed by atoms with Crippen LogP contribution in [0.1, 0.15) is 6.92 Å². The van der Waals surface area contributed by atoms with Gasteiger partial charge >= 0.3 is 5.69 Å². The van der Waals surface area contributed by atoms with Gasteiger partial charge in [-0.25, -0.2) is 9.37 Å². The molecule has 8 heteroatoms. The highest BCUT2D eigenvalue weighted by atomic mass is 19.1. The number of pyridine rings is 1. The Morgan fingerprint density at radius 1 is 1.25 bits per heavy atom. The first kappa shape index (κ1) is 17.5. The van der Waals surface area contributed by atoms with Crippen LogP contribution in [0.3, 0.4) is 0 Å². The zero-order valence-electron chi connectivity index (χ0n) is 13.6. The summed E-state index contributed by atoms with van der Waals surface area (Å²) in [6, 6.07) is 10.2. The second-order valence-corrected chi connectivity index (χ2v) is 5.01. The molecule has 24 heavy (non-hydrogen) atoms. The van der Waals surface area contributed by atoms with Crippen LogP contribution in [-0.4, -0.2) is 36.7 Å². The summed E-state index contributed by atoms with van der Waals surface area (Å²) in [4.78, 5) is 16.7. The molecule has 0 spiro atoms. The molecule has 0 fully saturated rings. The third kappa shape index (κ3) is 4.09. The van der Waals surface area contributed by atoms with Gasteiger partial charge < -0.3 is 15.5 Å². The lowest BCUT2D eigenvalue weighted by atomic mass is 10.2. The predicted molar refractivity (Wildman–Crippen MR) is 94.0 cm³/mol. The SMILES string of the molecule is CCN(CCF)c1ccc(Nc2nc(NC)ccc2[N+](=O)[O-])cc1. The monoisotopic (exact) mass is 333 g/mol. The Morgan fingerprint density at radius 3 is 2.50 bits per heavy atom. The van der Waals surface area contributed by atoms with Crippen molar-refractivity contribution in [2.75, 3.05) is 42.3 Å². The van der Waals surface area contributed by atoms with Crippen LogP contribution < -0.4 is 15.5 Å². The molecule has 0 aliphatic carbocycles. The fraction of sp³-hybridized carbons (Fsp3) is 0.312. The van der Waals surface area contributed by atoms with Crippen LogP contribution in [0.4, 0.5) is 33.1 Å². The topological polar surface area (TPSA) is 83.3 Å². The molecule has 2 N–H and O–H groups in total. The molecule has 0 aliphatic rings. The van der Waals surface area contributed by atoms with Crippen LogP contribution in [-0.2, 0) is 0 Å². The van der Waals surface area contributed by atoms with Crippen molar-refractivity contribution in [1.82, 2.24) is 4.98 Å². The van der Waals surface area contributed by atoms with Crippen molar-refractivity contribution < 1.29 is 9.31 Å². The number of halogens is 1. The van der Waals surface area contributed by atoms with Crippen LogP contribution in [0.5, 0.6) is 0 Å². The molecule has 0 bridgehead atoms. The first-order chi connectivity index (χ1) is 11.6. The number of hydrogen-bond donors (Lipinski definition) is 2. The molecule has 0 saturated heterocycles. The molecular formula is C16H20FN5O2. The molecule has 0 radical (unpaired) electrons. The van der Waals surface area contributed by atoms with E-state index in [1.54, 1.807) is 25.2 Å². The summed E-state index contributed by atoms with van der Waals surface area (Å²) in [6.45, 7) is 2.58. The maximum absolute atomic E-state index is 12.5. The average molecular weight is 333 g/mol. The average Bonchev–Trinajstić information content (AvgIpc) is 2.60. The molecule has 128 valence electrons. The molecule has 0 amide bonds. The minimum atomic E-state index is -0.483. The van der Waals surface area contributed by atoms with Gasteiger partial charge in [0.05, 0.1) is 4.92 Å². The number of rotatable bonds is 8. The first-order valence-corrected chi connectivity index (χ1v) is 7.60. The van der Waals surface area contributed by atoms with Gasteiger partial charge in [0.25, 0.3) is 0 Å². The molecule has 1 aromatic heterocycles. The zero-order valence-corrected chi connectivity index (χ0v) is 13.6. The smallest absolute Gasteiger partial charge is 0.311 e. The number of benzene rings is 1. The van der Waals surface area contributed by atoms with Crippen molar-refractivity contribution in [3.8, 4) is 0 Å². The van der Waals surface area contributed by atoms with Crippen molar-refractivity contribution in [2.24, 2.45) is 0 Å². The van der Waals surface area contributed by atoms with E-state index in [9.17, 15) is 14.5 Å². The van der Waals surface area contributed by atoms with Gasteiger partial charge in [0, 0.05) is 37.6 Å². The Balaban J connectivity index is 2.23. The minimum absolute atomic E-state index is 0.106. The van der Waals surface area contributed by atoms with Crippen molar-refractivity contribution in [3.05, 3.63) is 46.5 Å². The Morgan fingerprint density at radius 2 is 1.96 bits per heavy atom. The number of nitrogens with one attached hydrogen (secondary N) is 2. The predicted octanol–water partition coefficient (Wildman–Crippen LogP) is 3.57. The summed E-state index contributed by atoms with van der Waals surface area (Å²) in [5, 5.41) is 16.9. The van der Waals surface area contributed by atoms with Crippen LogP contribution in [0.15, 0.2) is 36.4 Å². The van der Waals surface area contributed by atoms with Gasteiger partial charge in [0.15, 0.2) is 0 Å². The number of nitro groups is 1. The van der Waals surface area contributed by atoms with E-state index in [1.165, 1.54) is 6.07 Å². The highest BCUT2D eigenvalue weighted by molar-refractivity contribution is 5.69. The third-order valence-corrected chi connectivity index (χ3v) is 3.56. The van der Waals surface area contributed by atoms with Crippen molar-refractivity contribution in [2.45, 2.75) is 6.92 Å². The van der Waals surface area contributed by atoms with Crippen LogP contribution >= 0.6 is 0 Å². The van der Waals surface area contributed by atoms with Gasteiger partial charge in [0.1, 0.15) is 12.5 Å². The highest BCUT2D eigenvalue weighted by Gasteiger charge is 2.16. The second-order valence-electron chi connectivity index (χ2n) is 5.01. The number of alkyl halides is 1. The second kappa shape index (κ2) is 8.09.